The maximum absolute atomic E-state index is 5.16. The molecule has 0 saturated heterocycles. The molecule has 202 valence electrons. The van der Waals surface area contributed by atoms with Crippen LogP contribution in [0.3, 0.4) is 0 Å². The first kappa shape index (κ1) is 24.8. The third kappa shape index (κ3) is 4.42. The molecule has 8 rings (SSSR count). The number of aromatic nitrogens is 6. The quantitative estimate of drug-likeness (QED) is 0.214. The maximum Gasteiger partial charge on any atom is 0.181 e. The molecular formula is C37H24N6. The zero-order chi connectivity index (χ0) is 28.6. The van der Waals surface area contributed by atoms with Crippen molar-refractivity contribution >= 4 is 16.4 Å². The van der Waals surface area contributed by atoms with E-state index in [4.69, 9.17) is 24.9 Å². The van der Waals surface area contributed by atoms with Crippen LogP contribution < -0.4 is 0 Å². The Morgan fingerprint density at radius 1 is 0.326 bits per heavy atom. The molecule has 0 unspecified atom stereocenters. The minimum atomic E-state index is 0.553. The first-order chi connectivity index (χ1) is 21.3. The van der Waals surface area contributed by atoms with Gasteiger partial charge in [0.25, 0.3) is 0 Å². The summed E-state index contributed by atoms with van der Waals surface area (Å²) in [6.07, 6.45) is 0. The molecule has 0 aliphatic carbocycles. The molecule has 0 fully saturated rings. The van der Waals surface area contributed by atoms with E-state index in [1.165, 1.54) is 0 Å². The molecule has 0 aliphatic heterocycles. The number of hydrogen-bond donors (Lipinski definition) is 0. The fraction of sp³-hybridized carbons (Fsp3) is 0. The van der Waals surface area contributed by atoms with Gasteiger partial charge >= 0.3 is 0 Å². The average Bonchev–Trinajstić information content (AvgIpc) is 3.44. The van der Waals surface area contributed by atoms with Crippen molar-refractivity contribution in [1.29, 1.82) is 0 Å². The van der Waals surface area contributed by atoms with Crippen LogP contribution in [-0.4, -0.2) is 29.3 Å². The van der Waals surface area contributed by atoms with Gasteiger partial charge in [-0.1, -0.05) is 146 Å². The Bertz CT molecular complexity index is 2150. The van der Waals surface area contributed by atoms with Gasteiger partial charge in [0.1, 0.15) is 17.2 Å². The first-order valence-electron chi connectivity index (χ1n) is 14.1. The third-order valence-corrected chi connectivity index (χ3v) is 7.47. The normalized spacial score (nSPS) is 11.3. The molecule has 3 aromatic heterocycles. The Morgan fingerprint density at radius 2 is 0.721 bits per heavy atom. The lowest BCUT2D eigenvalue weighted by molar-refractivity contribution is 1.01. The van der Waals surface area contributed by atoms with E-state index in [1.54, 1.807) is 0 Å². The van der Waals surface area contributed by atoms with Gasteiger partial charge in [-0.15, -0.1) is 0 Å². The second-order valence-electron chi connectivity index (χ2n) is 10.2. The number of fused-ring (bicyclic) bond motifs is 3. The first-order valence-corrected chi connectivity index (χ1v) is 14.1. The van der Waals surface area contributed by atoms with Crippen LogP contribution in [0.4, 0.5) is 0 Å². The average molecular weight is 553 g/mol. The van der Waals surface area contributed by atoms with Crippen molar-refractivity contribution in [1.82, 2.24) is 29.3 Å². The van der Waals surface area contributed by atoms with E-state index in [0.29, 0.717) is 23.3 Å². The summed E-state index contributed by atoms with van der Waals surface area (Å²) >= 11 is 0. The molecule has 5 aromatic carbocycles. The second kappa shape index (κ2) is 10.4. The number of benzene rings is 5. The van der Waals surface area contributed by atoms with Crippen LogP contribution in [0.1, 0.15) is 0 Å². The molecule has 0 N–H and O–H groups in total. The van der Waals surface area contributed by atoms with Gasteiger partial charge in [0.15, 0.2) is 23.3 Å². The molecule has 6 heteroatoms. The Balaban J connectivity index is 1.50. The van der Waals surface area contributed by atoms with E-state index in [2.05, 4.69) is 28.7 Å². The van der Waals surface area contributed by atoms with E-state index in [9.17, 15) is 0 Å². The summed E-state index contributed by atoms with van der Waals surface area (Å²) in [5.74, 6) is 3.18. The molecule has 43 heavy (non-hydrogen) atoms. The van der Waals surface area contributed by atoms with Crippen molar-refractivity contribution in [3.8, 4) is 57.1 Å². The highest BCUT2D eigenvalue weighted by Gasteiger charge is 2.23. The summed E-state index contributed by atoms with van der Waals surface area (Å²) in [6, 6.07) is 48.6. The van der Waals surface area contributed by atoms with E-state index in [-0.39, 0.29) is 0 Å². The largest absolute Gasteiger partial charge is 0.273 e. The third-order valence-electron chi connectivity index (χ3n) is 7.47. The highest BCUT2D eigenvalue weighted by Crippen LogP contribution is 2.37. The smallest absolute Gasteiger partial charge is 0.181 e. The molecular weight excluding hydrogens is 528 g/mol. The van der Waals surface area contributed by atoms with Gasteiger partial charge < -0.3 is 0 Å². The predicted molar refractivity (Wildman–Crippen MR) is 171 cm³/mol. The van der Waals surface area contributed by atoms with Crippen molar-refractivity contribution in [3.05, 3.63) is 146 Å². The Hall–Kier alpha value is -6.01. The topological polar surface area (TPSA) is 68.9 Å². The number of hydrogen-bond acceptors (Lipinski definition) is 5. The summed E-state index contributed by atoms with van der Waals surface area (Å²) in [5, 5.41) is 1.99. The highest BCUT2D eigenvalue weighted by molar-refractivity contribution is 6.05. The fourth-order valence-electron chi connectivity index (χ4n) is 5.46. The molecule has 0 spiro atoms. The van der Waals surface area contributed by atoms with Gasteiger partial charge in [-0.05, 0) is 0 Å². The van der Waals surface area contributed by atoms with Crippen LogP contribution in [0.25, 0.3) is 73.5 Å². The Kier molecular flexibility index (Phi) is 6.01. The minimum absolute atomic E-state index is 0.553. The molecule has 0 bridgehead atoms. The molecule has 6 nitrogen and oxygen atoms in total. The molecule has 0 aliphatic rings. The van der Waals surface area contributed by atoms with E-state index in [1.807, 2.05) is 121 Å². The van der Waals surface area contributed by atoms with Crippen LogP contribution in [0.15, 0.2) is 146 Å². The van der Waals surface area contributed by atoms with Gasteiger partial charge in [-0.3, -0.25) is 4.40 Å². The second-order valence-corrected chi connectivity index (χ2v) is 10.2. The van der Waals surface area contributed by atoms with E-state index in [0.717, 1.165) is 50.2 Å². The van der Waals surface area contributed by atoms with Crippen molar-refractivity contribution in [3.63, 3.8) is 0 Å². The van der Waals surface area contributed by atoms with Crippen molar-refractivity contribution in [2.75, 3.05) is 0 Å². The van der Waals surface area contributed by atoms with Crippen LogP contribution in [-0.2, 0) is 0 Å². The van der Waals surface area contributed by atoms with Crippen molar-refractivity contribution < 1.29 is 0 Å². The maximum atomic E-state index is 5.16. The van der Waals surface area contributed by atoms with Gasteiger partial charge in [0.2, 0.25) is 0 Å². The highest BCUT2D eigenvalue weighted by atomic mass is 15.1. The van der Waals surface area contributed by atoms with Crippen LogP contribution >= 0.6 is 0 Å². The van der Waals surface area contributed by atoms with Gasteiger partial charge in [0.05, 0.1) is 0 Å². The summed E-state index contributed by atoms with van der Waals surface area (Å²) in [5.41, 5.74) is 5.36. The molecule has 0 saturated carbocycles. The standard InChI is InChI=1S/C37H24N6/c1-5-15-25(16-6-1)32-38-33(26-17-7-2-8-18-26)40-35(39-32)31-29-23-13-14-24-30(29)37-42-34(27-19-9-3-10-20-27)41-36(43(31)37)28-21-11-4-12-22-28/h1-24H. The SMILES string of the molecule is c1ccc(-c2nc(-c3ccccc3)nc(-c3c4ccccc4c4nc(-c5ccccc5)nc(-c5ccccc5)n34)n2)cc1. The summed E-state index contributed by atoms with van der Waals surface area (Å²) < 4.78 is 2.10. The lowest BCUT2D eigenvalue weighted by Gasteiger charge is -2.13. The summed E-state index contributed by atoms with van der Waals surface area (Å²) in [6.45, 7) is 0. The molecule has 3 heterocycles. The molecule has 0 amide bonds. The number of rotatable bonds is 5. The summed E-state index contributed by atoms with van der Waals surface area (Å²) in [4.78, 5) is 25.4. The van der Waals surface area contributed by atoms with Gasteiger partial charge in [-0.2, -0.15) is 0 Å². The zero-order valence-electron chi connectivity index (χ0n) is 23.0. The minimum Gasteiger partial charge on any atom is -0.273 e. The van der Waals surface area contributed by atoms with E-state index >= 15 is 0 Å². The lowest BCUT2D eigenvalue weighted by Crippen LogP contribution is -2.06. The van der Waals surface area contributed by atoms with Crippen LogP contribution in [0.2, 0.25) is 0 Å². The number of nitrogens with zero attached hydrogens (tertiary/aromatic N) is 6. The van der Waals surface area contributed by atoms with Gasteiger partial charge in [-0.25, -0.2) is 24.9 Å². The zero-order valence-corrected chi connectivity index (χ0v) is 23.0. The van der Waals surface area contributed by atoms with Crippen LogP contribution in [0, 0.1) is 0 Å². The Labute approximate surface area is 248 Å². The predicted octanol–water partition coefficient (Wildman–Crippen LogP) is 8.40. The molecule has 0 atom stereocenters. The molecule has 0 radical (unpaired) electrons. The molecule has 8 aromatic rings. The van der Waals surface area contributed by atoms with Gasteiger partial charge in [0, 0.05) is 33.0 Å². The van der Waals surface area contributed by atoms with Crippen molar-refractivity contribution in [2.24, 2.45) is 0 Å². The monoisotopic (exact) mass is 552 g/mol. The lowest BCUT2D eigenvalue weighted by atomic mass is 10.1. The van der Waals surface area contributed by atoms with Crippen LogP contribution in [0.5, 0.6) is 0 Å². The Morgan fingerprint density at radius 3 is 1.23 bits per heavy atom. The fourth-order valence-corrected chi connectivity index (χ4v) is 5.46. The van der Waals surface area contributed by atoms with Crippen molar-refractivity contribution in [2.45, 2.75) is 0 Å². The van der Waals surface area contributed by atoms with E-state index < -0.39 is 0 Å². The summed E-state index contributed by atoms with van der Waals surface area (Å²) in [7, 11) is 0.